The summed E-state index contributed by atoms with van der Waals surface area (Å²) in [6, 6.07) is 12.3. The van der Waals surface area contributed by atoms with Gasteiger partial charge in [0.25, 0.3) is 0 Å². The Morgan fingerprint density at radius 1 is 1.14 bits per heavy atom. The number of fused-ring (bicyclic) bond motifs is 1. The van der Waals surface area contributed by atoms with Crippen LogP contribution in [-0.4, -0.2) is 9.97 Å². The molecule has 4 heteroatoms. The molecule has 0 spiro atoms. The van der Waals surface area contributed by atoms with Crippen LogP contribution in [0.4, 0.5) is 0 Å². The van der Waals surface area contributed by atoms with Crippen molar-refractivity contribution in [1.82, 2.24) is 15.4 Å². The number of nitrogens with two attached hydrogens (primary N) is 1. The van der Waals surface area contributed by atoms with Gasteiger partial charge in [-0.1, -0.05) is 18.2 Å². The van der Waals surface area contributed by atoms with Gasteiger partial charge in [0, 0.05) is 24.0 Å². The van der Waals surface area contributed by atoms with Crippen molar-refractivity contribution in [2.45, 2.75) is 19.4 Å². The Hall–Kier alpha value is -2.30. The summed E-state index contributed by atoms with van der Waals surface area (Å²) in [5.41, 5.74) is 7.48. The van der Waals surface area contributed by atoms with Gasteiger partial charge in [-0.3, -0.25) is 21.2 Å². The Labute approximate surface area is 124 Å². The summed E-state index contributed by atoms with van der Waals surface area (Å²) in [5.74, 6) is 5.78. The molecule has 3 aromatic rings. The van der Waals surface area contributed by atoms with Gasteiger partial charge in [0.2, 0.25) is 0 Å². The molecule has 0 amide bonds. The summed E-state index contributed by atoms with van der Waals surface area (Å²) < 4.78 is 0. The molecule has 2 heterocycles. The SMILES string of the molecule is Cc1cnccc1C(Cc1ccnc2ccccc12)NN. The second kappa shape index (κ2) is 5.99. The van der Waals surface area contributed by atoms with Crippen molar-refractivity contribution in [3.63, 3.8) is 0 Å². The zero-order valence-corrected chi connectivity index (χ0v) is 12.0. The van der Waals surface area contributed by atoms with E-state index in [9.17, 15) is 0 Å². The van der Waals surface area contributed by atoms with E-state index in [0.29, 0.717) is 0 Å². The van der Waals surface area contributed by atoms with E-state index in [2.05, 4.69) is 34.5 Å². The molecule has 1 aromatic carbocycles. The maximum absolute atomic E-state index is 5.78. The fourth-order valence-corrected chi connectivity index (χ4v) is 2.69. The van der Waals surface area contributed by atoms with Gasteiger partial charge in [0.15, 0.2) is 0 Å². The predicted molar refractivity (Wildman–Crippen MR) is 84.5 cm³/mol. The van der Waals surface area contributed by atoms with Crippen molar-refractivity contribution in [1.29, 1.82) is 0 Å². The van der Waals surface area contributed by atoms with E-state index in [1.807, 2.05) is 36.7 Å². The number of hydrogen-bond acceptors (Lipinski definition) is 4. The highest BCUT2D eigenvalue weighted by Gasteiger charge is 2.14. The highest BCUT2D eigenvalue weighted by atomic mass is 15.2. The predicted octanol–water partition coefficient (Wildman–Crippen LogP) is 2.69. The molecule has 21 heavy (non-hydrogen) atoms. The molecule has 3 rings (SSSR count). The van der Waals surface area contributed by atoms with Crippen LogP contribution in [0, 0.1) is 6.92 Å². The first kappa shape index (κ1) is 13.7. The third-order valence-electron chi connectivity index (χ3n) is 3.80. The maximum atomic E-state index is 5.78. The van der Waals surface area contributed by atoms with E-state index in [-0.39, 0.29) is 6.04 Å². The highest BCUT2D eigenvalue weighted by molar-refractivity contribution is 5.81. The average molecular weight is 278 g/mol. The minimum atomic E-state index is 0.0545. The quantitative estimate of drug-likeness (QED) is 0.569. The lowest BCUT2D eigenvalue weighted by atomic mass is 9.95. The number of rotatable bonds is 4. The van der Waals surface area contributed by atoms with Gasteiger partial charge in [-0.05, 0) is 48.2 Å². The molecule has 106 valence electrons. The van der Waals surface area contributed by atoms with Gasteiger partial charge in [-0.15, -0.1) is 0 Å². The molecular weight excluding hydrogens is 260 g/mol. The number of aryl methyl sites for hydroxylation is 1. The molecule has 1 unspecified atom stereocenters. The van der Waals surface area contributed by atoms with E-state index >= 15 is 0 Å². The first-order valence-corrected chi connectivity index (χ1v) is 6.99. The Morgan fingerprint density at radius 3 is 2.81 bits per heavy atom. The molecule has 2 aromatic heterocycles. The van der Waals surface area contributed by atoms with Crippen molar-refractivity contribution in [3.05, 3.63) is 71.7 Å². The Morgan fingerprint density at radius 2 is 2.00 bits per heavy atom. The number of nitrogens with one attached hydrogen (secondary N) is 1. The molecule has 0 aliphatic carbocycles. The molecule has 0 radical (unpaired) electrons. The number of benzene rings is 1. The molecule has 0 saturated carbocycles. The summed E-state index contributed by atoms with van der Waals surface area (Å²) >= 11 is 0. The van der Waals surface area contributed by atoms with E-state index in [0.717, 1.165) is 17.5 Å². The van der Waals surface area contributed by atoms with Crippen LogP contribution in [0.15, 0.2) is 55.0 Å². The Balaban J connectivity index is 1.98. The van der Waals surface area contributed by atoms with Crippen LogP contribution in [-0.2, 0) is 6.42 Å². The van der Waals surface area contributed by atoms with Crippen molar-refractivity contribution >= 4 is 10.9 Å². The largest absolute Gasteiger partial charge is 0.271 e. The number of hydrazine groups is 1. The van der Waals surface area contributed by atoms with Gasteiger partial charge >= 0.3 is 0 Å². The smallest absolute Gasteiger partial charge is 0.0704 e. The molecule has 4 nitrogen and oxygen atoms in total. The summed E-state index contributed by atoms with van der Waals surface area (Å²) in [4.78, 5) is 8.54. The molecule has 0 aliphatic heterocycles. The first-order chi connectivity index (χ1) is 10.3. The molecular formula is C17H18N4. The second-order valence-corrected chi connectivity index (χ2v) is 5.14. The van der Waals surface area contributed by atoms with E-state index < -0.39 is 0 Å². The van der Waals surface area contributed by atoms with Crippen LogP contribution < -0.4 is 11.3 Å². The topological polar surface area (TPSA) is 63.8 Å². The minimum Gasteiger partial charge on any atom is -0.271 e. The molecule has 0 fully saturated rings. The van der Waals surface area contributed by atoms with Crippen molar-refractivity contribution < 1.29 is 0 Å². The Bertz CT molecular complexity index is 749. The van der Waals surface area contributed by atoms with Gasteiger partial charge in [0.1, 0.15) is 0 Å². The number of nitrogens with zero attached hydrogens (tertiary/aromatic N) is 2. The van der Waals surface area contributed by atoms with Crippen LogP contribution >= 0.6 is 0 Å². The summed E-state index contributed by atoms with van der Waals surface area (Å²) in [6.45, 7) is 2.05. The van der Waals surface area contributed by atoms with Gasteiger partial charge < -0.3 is 0 Å². The lowest BCUT2D eigenvalue weighted by Crippen LogP contribution is -2.30. The number of hydrogen-bond donors (Lipinski definition) is 2. The van der Waals surface area contributed by atoms with Crippen LogP contribution in [0.25, 0.3) is 10.9 Å². The molecule has 1 atom stereocenters. The first-order valence-electron chi connectivity index (χ1n) is 6.99. The van der Waals surface area contributed by atoms with Crippen molar-refractivity contribution in [3.8, 4) is 0 Å². The van der Waals surface area contributed by atoms with Crippen LogP contribution in [0.5, 0.6) is 0 Å². The highest BCUT2D eigenvalue weighted by Crippen LogP contribution is 2.24. The van der Waals surface area contributed by atoms with Crippen molar-refractivity contribution in [2.75, 3.05) is 0 Å². The number of para-hydroxylation sites is 1. The summed E-state index contributed by atoms with van der Waals surface area (Å²) in [5, 5.41) is 1.17. The minimum absolute atomic E-state index is 0.0545. The number of pyridine rings is 2. The van der Waals surface area contributed by atoms with E-state index in [1.54, 1.807) is 6.20 Å². The van der Waals surface area contributed by atoms with Gasteiger partial charge in [-0.2, -0.15) is 0 Å². The normalized spacial score (nSPS) is 12.5. The van der Waals surface area contributed by atoms with E-state index in [4.69, 9.17) is 5.84 Å². The summed E-state index contributed by atoms with van der Waals surface area (Å²) in [6.07, 6.45) is 6.33. The second-order valence-electron chi connectivity index (χ2n) is 5.14. The monoisotopic (exact) mass is 278 g/mol. The zero-order valence-electron chi connectivity index (χ0n) is 12.0. The van der Waals surface area contributed by atoms with Gasteiger partial charge in [-0.25, -0.2) is 0 Å². The van der Waals surface area contributed by atoms with Gasteiger partial charge in [0.05, 0.1) is 11.6 Å². The molecule has 3 N–H and O–H groups in total. The third-order valence-corrected chi connectivity index (χ3v) is 3.80. The third kappa shape index (κ3) is 2.77. The standard InChI is InChI=1S/C17H18N4/c1-12-11-19-8-7-14(12)17(21-18)10-13-6-9-20-16-5-3-2-4-15(13)16/h2-9,11,17,21H,10,18H2,1H3. The van der Waals surface area contributed by atoms with Crippen LogP contribution in [0.3, 0.4) is 0 Å². The fourth-order valence-electron chi connectivity index (χ4n) is 2.69. The summed E-state index contributed by atoms with van der Waals surface area (Å²) in [7, 11) is 0. The van der Waals surface area contributed by atoms with Crippen molar-refractivity contribution in [2.24, 2.45) is 5.84 Å². The molecule has 0 saturated heterocycles. The lowest BCUT2D eigenvalue weighted by Gasteiger charge is -2.19. The lowest BCUT2D eigenvalue weighted by molar-refractivity contribution is 0.550. The number of aromatic nitrogens is 2. The molecule has 0 aliphatic rings. The van der Waals surface area contributed by atoms with E-state index in [1.165, 1.54) is 16.5 Å². The molecule has 0 bridgehead atoms. The maximum Gasteiger partial charge on any atom is 0.0704 e. The Kier molecular flexibility index (Phi) is 3.90. The average Bonchev–Trinajstić information content (AvgIpc) is 2.53. The van der Waals surface area contributed by atoms with Crippen LogP contribution in [0.1, 0.15) is 22.7 Å². The van der Waals surface area contributed by atoms with Crippen LogP contribution in [0.2, 0.25) is 0 Å². The fraction of sp³-hybridized carbons (Fsp3) is 0.176. The zero-order chi connectivity index (χ0) is 14.7.